The summed E-state index contributed by atoms with van der Waals surface area (Å²) in [5.41, 5.74) is -0.0579. The van der Waals surface area contributed by atoms with Gasteiger partial charge in [-0.25, -0.2) is 8.78 Å². The van der Waals surface area contributed by atoms with Crippen molar-refractivity contribution in [1.29, 1.82) is 0 Å². The largest absolute Gasteiger partial charge is 0.385 e. The minimum absolute atomic E-state index is 0.274. The van der Waals surface area contributed by atoms with Crippen LogP contribution in [0, 0.1) is 11.6 Å². The monoisotopic (exact) mass is 262 g/mol. The third-order valence-corrected chi connectivity index (χ3v) is 3.32. The summed E-state index contributed by atoms with van der Waals surface area (Å²) in [6.45, 7) is 1.80. The van der Waals surface area contributed by atoms with Gasteiger partial charge in [0.25, 0.3) is 0 Å². The average molecular weight is 262 g/mol. The smallest absolute Gasteiger partial charge is 0.126 e. The molecule has 0 aliphatic heterocycles. The van der Waals surface area contributed by atoms with E-state index in [9.17, 15) is 13.9 Å². The Balaban J connectivity index is 2.36. The molecule has 0 aliphatic carbocycles. The van der Waals surface area contributed by atoms with Crippen molar-refractivity contribution in [2.24, 2.45) is 0 Å². The molecule has 0 heterocycles. The van der Waals surface area contributed by atoms with Gasteiger partial charge >= 0.3 is 0 Å². The molecule has 0 bridgehead atoms. The van der Waals surface area contributed by atoms with E-state index in [0.717, 1.165) is 11.6 Å². The summed E-state index contributed by atoms with van der Waals surface area (Å²) in [6, 6.07) is 12.6. The number of rotatable bonds is 4. The second-order valence-electron chi connectivity index (χ2n) is 4.71. The van der Waals surface area contributed by atoms with Gasteiger partial charge in [0, 0.05) is 12.5 Å². The van der Waals surface area contributed by atoms with Crippen molar-refractivity contribution in [3.63, 3.8) is 0 Å². The molecular formula is C16H16F2O. The van der Waals surface area contributed by atoms with Crippen LogP contribution in [0.25, 0.3) is 0 Å². The van der Waals surface area contributed by atoms with Crippen LogP contribution in [-0.4, -0.2) is 5.11 Å². The summed E-state index contributed by atoms with van der Waals surface area (Å²) in [6.07, 6.45) is 0.706. The predicted molar refractivity (Wildman–Crippen MR) is 70.7 cm³/mol. The minimum Gasteiger partial charge on any atom is -0.385 e. The van der Waals surface area contributed by atoms with Gasteiger partial charge in [0.2, 0.25) is 0 Å². The zero-order valence-corrected chi connectivity index (χ0v) is 10.7. The van der Waals surface area contributed by atoms with Crippen molar-refractivity contribution in [3.05, 3.63) is 71.3 Å². The Labute approximate surface area is 111 Å². The van der Waals surface area contributed by atoms with E-state index in [-0.39, 0.29) is 5.56 Å². The van der Waals surface area contributed by atoms with Gasteiger partial charge in [0.1, 0.15) is 11.6 Å². The molecule has 0 aliphatic rings. The number of hydrogen-bond donors (Lipinski definition) is 1. The first-order valence-corrected chi connectivity index (χ1v) is 6.26. The number of hydrogen-bond acceptors (Lipinski definition) is 1. The van der Waals surface area contributed by atoms with Crippen molar-refractivity contribution >= 4 is 0 Å². The van der Waals surface area contributed by atoms with Gasteiger partial charge in [-0.3, -0.25) is 0 Å². The number of halogens is 2. The fourth-order valence-corrected chi connectivity index (χ4v) is 2.19. The van der Waals surface area contributed by atoms with Gasteiger partial charge in [-0.1, -0.05) is 37.3 Å². The molecule has 2 aromatic rings. The van der Waals surface area contributed by atoms with Crippen LogP contribution in [0.1, 0.15) is 24.5 Å². The molecule has 2 rings (SSSR count). The zero-order valence-electron chi connectivity index (χ0n) is 10.7. The number of aliphatic hydroxyl groups is 1. The maximum absolute atomic E-state index is 13.3. The molecule has 3 heteroatoms. The summed E-state index contributed by atoms with van der Waals surface area (Å²) in [7, 11) is 0. The highest BCUT2D eigenvalue weighted by atomic mass is 19.1. The van der Waals surface area contributed by atoms with Crippen LogP contribution in [0.3, 0.4) is 0 Å². The second-order valence-corrected chi connectivity index (χ2v) is 4.71. The third kappa shape index (κ3) is 3.18. The average Bonchev–Trinajstić information content (AvgIpc) is 2.38. The first-order chi connectivity index (χ1) is 9.03. The molecule has 0 saturated carbocycles. The first kappa shape index (κ1) is 13.7. The lowest BCUT2D eigenvalue weighted by molar-refractivity contribution is 0.0321. The molecule has 1 N–H and O–H groups in total. The van der Waals surface area contributed by atoms with Crippen LogP contribution < -0.4 is 0 Å². The molecule has 0 saturated heterocycles. The number of benzene rings is 2. The summed E-state index contributed by atoms with van der Waals surface area (Å²) >= 11 is 0. The first-order valence-electron chi connectivity index (χ1n) is 6.26. The Morgan fingerprint density at radius 1 is 1.00 bits per heavy atom. The molecule has 0 spiro atoms. The molecule has 1 unspecified atom stereocenters. The van der Waals surface area contributed by atoms with Gasteiger partial charge in [-0.05, 0) is 29.7 Å². The van der Waals surface area contributed by atoms with Crippen LogP contribution in [0.2, 0.25) is 0 Å². The van der Waals surface area contributed by atoms with E-state index in [1.165, 1.54) is 12.1 Å². The molecular weight excluding hydrogens is 246 g/mol. The molecule has 2 aromatic carbocycles. The lowest BCUT2D eigenvalue weighted by Crippen LogP contribution is -2.28. The maximum atomic E-state index is 13.3. The zero-order chi connectivity index (χ0) is 13.9. The Morgan fingerprint density at radius 2 is 1.58 bits per heavy atom. The highest BCUT2D eigenvalue weighted by molar-refractivity contribution is 5.28. The lowest BCUT2D eigenvalue weighted by Gasteiger charge is -2.27. The maximum Gasteiger partial charge on any atom is 0.126 e. The molecule has 1 atom stereocenters. The van der Waals surface area contributed by atoms with E-state index in [1.807, 2.05) is 30.3 Å². The van der Waals surface area contributed by atoms with E-state index in [4.69, 9.17) is 0 Å². The highest BCUT2D eigenvalue weighted by Crippen LogP contribution is 2.30. The van der Waals surface area contributed by atoms with Gasteiger partial charge in [0.15, 0.2) is 0 Å². The van der Waals surface area contributed by atoms with E-state index in [0.29, 0.717) is 12.8 Å². The van der Waals surface area contributed by atoms with Crippen molar-refractivity contribution < 1.29 is 13.9 Å². The quantitative estimate of drug-likeness (QED) is 0.888. The molecule has 1 nitrogen and oxygen atoms in total. The Morgan fingerprint density at radius 3 is 2.11 bits per heavy atom. The molecule has 100 valence electrons. The van der Waals surface area contributed by atoms with Crippen LogP contribution in [-0.2, 0) is 12.0 Å². The molecule has 19 heavy (non-hydrogen) atoms. The third-order valence-electron chi connectivity index (χ3n) is 3.32. The van der Waals surface area contributed by atoms with Crippen molar-refractivity contribution in [2.75, 3.05) is 0 Å². The topological polar surface area (TPSA) is 20.2 Å². The van der Waals surface area contributed by atoms with Crippen LogP contribution in [0.4, 0.5) is 8.78 Å². The van der Waals surface area contributed by atoms with E-state index in [1.54, 1.807) is 6.92 Å². The van der Waals surface area contributed by atoms with Gasteiger partial charge in [-0.2, -0.15) is 0 Å². The van der Waals surface area contributed by atoms with Crippen molar-refractivity contribution in [1.82, 2.24) is 0 Å². The molecule has 0 radical (unpaired) electrons. The Bertz CT molecular complexity index is 534. The highest BCUT2D eigenvalue weighted by Gasteiger charge is 2.28. The van der Waals surface area contributed by atoms with Crippen LogP contribution in [0.5, 0.6) is 0 Å². The van der Waals surface area contributed by atoms with Crippen LogP contribution >= 0.6 is 0 Å². The summed E-state index contributed by atoms with van der Waals surface area (Å²) < 4.78 is 26.6. The van der Waals surface area contributed by atoms with Gasteiger partial charge in [0.05, 0.1) is 5.60 Å². The van der Waals surface area contributed by atoms with Crippen LogP contribution in [0.15, 0.2) is 48.5 Å². The summed E-state index contributed by atoms with van der Waals surface area (Å²) in [4.78, 5) is 0. The molecule has 0 aromatic heterocycles. The van der Waals surface area contributed by atoms with Gasteiger partial charge < -0.3 is 5.11 Å². The van der Waals surface area contributed by atoms with E-state index >= 15 is 0 Å². The predicted octanol–water partition coefficient (Wildman–Crippen LogP) is 3.81. The van der Waals surface area contributed by atoms with E-state index in [2.05, 4.69) is 0 Å². The summed E-state index contributed by atoms with van der Waals surface area (Å²) in [5.74, 6) is -1.34. The Kier molecular flexibility index (Phi) is 3.96. The van der Waals surface area contributed by atoms with E-state index < -0.39 is 17.2 Å². The minimum atomic E-state index is -1.26. The fourth-order valence-electron chi connectivity index (χ4n) is 2.19. The Hall–Kier alpha value is -1.74. The normalized spacial score (nSPS) is 14.1. The van der Waals surface area contributed by atoms with Crippen molar-refractivity contribution in [2.45, 2.75) is 25.4 Å². The SMILES string of the molecule is CCC(O)(Cc1ccccc1)c1cc(F)cc(F)c1. The summed E-state index contributed by atoms with van der Waals surface area (Å²) in [5, 5.41) is 10.7. The van der Waals surface area contributed by atoms with Gasteiger partial charge in [-0.15, -0.1) is 0 Å². The van der Waals surface area contributed by atoms with Crippen molar-refractivity contribution in [3.8, 4) is 0 Å². The molecule has 0 fully saturated rings. The fraction of sp³-hybridized carbons (Fsp3) is 0.250. The lowest BCUT2D eigenvalue weighted by atomic mass is 9.85. The second kappa shape index (κ2) is 5.49. The standard InChI is InChI=1S/C16H16F2O/c1-2-16(19,11-12-6-4-3-5-7-12)13-8-14(17)10-15(18)9-13/h3-10,19H,2,11H2,1H3. The molecule has 0 amide bonds.